The number of aliphatic hydroxyl groups excluding tert-OH is 3. The van der Waals surface area contributed by atoms with E-state index in [1.807, 2.05) is 0 Å². The van der Waals surface area contributed by atoms with E-state index in [-0.39, 0.29) is 50.5 Å². The first-order valence-corrected chi connectivity index (χ1v) is 12.0. The third-order valence-electron chi connectivity index (χ3n) is 5.66. The fourth-order valence-corrected chi connectivity index (χ4v) is 3.98. The van der Waals surface area contributed by atoms with Crippen LogP contribution >= 0.6 is 0 Å². The summed E-state index contributed by atoms with van der Waals surface area (Å²) in [5.41, 5.74) is 0. The number of ether oxygens (including phenoxy) is 1. The van der Waals surface area contributed by atoms with E-state index in [0.29, 0.717) is 6.61 Å². The van der Waals surface area contributed by atoms with Crippen molar-refractivity contribution in [1.82, 2.24) is 0 Å². The minimum atomic E-state index is -1.26. The summed E-state index contributed by atoms with van der Waals surface area (Å²) < 4.78 is 5.43. The van der Waals surface area contributed by atoms with Gasteiger partial charge < -0.3 is 34.4 Å². The number of rotatable bonds is 23. The first kappa shape index (κ1) is 29.3. The molecule has 0 aliphatic carbocycles. The summed E-state index contributed by atoms with van der Waals surface area (Å²) in [6.07, 6.45) is 14.5. The molecule has 0 saturated heterocycles. The Hall–Kier alpha value is -0.730. The summed E-state index contributed by atoms with van der Waals surface area (Å²) in [7, 11) is 0. The second-order valence-corrected chi connectivity index (χ2v) is 8.57. The molecule has 1 atom stereocenters. The Bertz CT molecular complexity index is 388. The second kappa shape index (κ2) is 20.2. The molecule has 0 spiro atoms. The van der Waals surface area contributed by atoms with E-state index < -0.39 is 12.1 Å². The molecule has 30 heavy (non-hydrogen) atoms. The number of carbonyl (C=O) groups excluding carboxylic acids is 1. The van der Waals surface area contributed by atoms with E-state index in [1.165, 1.54) is 64.2 Å². The van der Waals surface area contributed by atoms with Crippen molar-refractivity contribution in [2.75, 3.05) is 52.6 Å². The smallest absolute Gasteiger partial charge is 0.126 e. The number of aliphatic carboxylic acids is 1. The first-order chi connectivity index (χ1) is 14.5. The Morgan fingerprint density at radius 2 is 1.33 bits per heavy atom. The predicted octanol–water partition coefficient (Wildman–Crippen LogP) is 1.62. The van der Waals surface area contributed by atoms with Gasteiger partial charge in [0.05, 0.1) is 25.8 Å². The molecule has 0 amide bonds. The lowest BCUT2D eigenvalue weighted by Gasteiger charge is -2.39. The van der Waals surface area contributed by atoms with Crippen LogP contribution in [0.3, 0.4) is 0 Å². The maximum Gasteiger partial charge on any atom is 0.126 e. The van der Waals surface area contributed by atoms with Crippen LogP contribution in [-0.4, -0.2) is 84.5 Å². The highest BCUT2D eigenvalue weighted by Crippen LogP contribution is 2.12. The molecule has 0 heterocycles. The van der Waals surface area contributed by atoms with Gasteiger partial charge in [-0.2, -0.15) is 0 Å². The number of carboxylic acid groups (broad SMARTS) is 1. The average Bonchev–Trinajstić information content (AvgIpc) is 2.68. The molecule has 0 aromatic heterocycles. The topological polar surface area (TPSA) is 110 Å². The molecule has 7 heteroatoms. The Morgan fingerprint density at radius 3 is 1.77 bits per heavy atom. The highest BCUT2D eigenvalue weighted by atomic mass is 16.5. The van der Waals surface area contributed by atoms with Gasteiger partial charge in [0.1, 0.15) is 32.3 Å². The second-order valence-electron chi connectivity index (χ2n) is 8.57. The zero-order valence-electron chi connectivity index (χ0n) is 19.2. The van der Waals surface area contributed by atoms with Gasteiger partial charge in [-0.3, -0.25) is 0 Å². The van der Waals surface area contributed by atoms with E-state index in [1.54, 1.807) is 0 Å². The van der Waals surface area contributed by atoms with Gasteiger partial charge in [0.2, 0.25) is 0 Å². The molecule has 0 fully saturated rings. The maximum absolute atomic E-state index is 11.0. The lowest BCUT2D eigenvalue weighted by molar-refractivity contribution is -0.926. The van der Waals surface area contributed by atoms with Gasteiger partial charge in [-0.05, 0) is 6.42 Å². The predicted molar refractivity (Wildman–Crippen MR) is 117 cm³/mol. The third-order valence-corrected chi connectivity index (χ3v) is 5.66. The van der Waals surface area contributed by atoms with Crippen molar-refractivity contribution in [2.24, 2.45) is 0 Å². The summed E-state index contributed by atoms with van der Waals surface area (Å²) in [6.45, 7) is 2.55. The van der Waals surface area contributed by atoms with Crippen molar-refractivity contribution in [2.45, 2.75) is 90.1 Å². The van der Waals surface area contributed by atoms with Gasteiger partial charge in [0.25, 0.3) is 0 Å². The highest BCUT2D eigenvalue weighted by Gasteiger charge is 2.30. The summed E-state index contributed by atoms with van der Waals surface area (Å²) in [6, 6.07) is 0. The van der Waals surface area contributed by atoms with Crippen molar-refractivity contribution in [3.63, 3.8) is 0 Å². The number of quaternary nitrogens is 1. The molecular weight excluding hydrogens is 386 g/mol. The normalized spacial score (nSPS) is 12.9. The number of hydrogen-bond donors (Lipinski definition) is 3. The van der Waals surface area contributed by atoms with Crippen molar-refractivity contribution in [3.05, 3.63) is 0 Å². The van der Waals surface area contributed by atoms with Crippen molar-refractivity contribution < 1.29 is 34.4 Å². The molecule has 0 aromatic carbocycles. The van der Waals surface area contributed by atoms with E-state index in [9.17, 15) is 25.2 Å². The molecule has 0 rings (SSSR count). The van der Waals surface area contributed by atoms with Gasteiger partial charge >= 0.3 is 0 Å². The van der Waals surface area contributed by atoms with Crippen LogP contribution < -0.4 is 5.11 Å². The van der Waals surface area contributed by atoms with E-state index in [2.05, 4.69) is 6.92 Å². The minimum absolute atomic E-state index is 0.105. The molecule has 1 unspecified atom stereocenters. The Kier molecular flexibility index (Phi) is 19.7. The van der Waals surface area contributed by atoms with Crippen LogP contribution in [0.4, 0.5) is 0 Å². The summed E-state index contributed by atoms with van der Waals surface area (Å²) in [4.78, 5) is 11.0. The Morgan fingerprint density at radius 1 is 0.867 bits per heavy atom. The summed E-state index contributed by atoms with van der Waals surface area (Å²) >= 11 is 0. The number of hydrogen-bond acceptors (Lipinski definition) is 6. The number of carboxylic acids is 1. The average molecular weight is 434 g/mol. The lowest BCUT2D eigenvalue weighted by atomic mass is 10.1. The molecular formula is C23H47NO6. The largest absolute Gasteiger partial charge is 0.544 e. The number of unbranched alkanes of at least 4 members (excludes halogenated alkanes) is 11. The monoisotopic (exact) mass is 433 g/mol. The quantitative estimate of drug-likeness (QED) is 0.167. The Labute approximate surface area is 183 Å². The van der Waals surface area contributed by atoms with E-state index in [4.69, 9.17) is 4.74 Å². The van der Waals surface area contributed by atoms with Crippen LogP contribution in [0.1, 0.15) is 84.0 Å². The number of carbonyl (C=O) groups is 1. The molecule has 0 saturated carbocycles. The molecule has 180 valence electrons. The summed E-state index contributed by atoms with van der Waals surface area (Å²) in [5.74, 6) is -1.26. The van der Waals surface area contributed by atoms with Gasteiger partial charge in [-0.15, -0.1) is 0 Å². The number of aliphatic hydroxyl groups is 3. The van der Waals surface area contributed by atoms with E-state index >= 15 is 0 Å². The van der Waals surface area contributed by atoms with E-state index in [0.717, 1.165) is 12.8 Å². The van der Waals surface area contributed by atoms with Crippen molar-refractivity contribution in [3.8, 4) is 0 Å². The molecule has 0 aliphatic rings. The van der Waals surface area contributed by atoms with Crippen LogP contribution in [0.2, 0.25) is 0 Å². The Balaban J connectivity index is 3.75. The van der Waals surface area contributed by atoms with Crippen LogP contribution in [0.5, 0.6) is 0 Å². The third kappa shape index (κ3) is 17.0. The van der Waals surface area contributed by atoms with Crippen LogP contribution in [0.25, 0.3) is 0 Å². The van der Waals surface area contributed by atoms with Gasteiger partial charge in [0, 0.05) is 6.61 Å². The zero-order valence-corrected chi connectivity index (χ0v) is 19.2. The van der Waals surface area contributed by atoms with Gasteiger partial charge in [0.15, 0.2) is 0 Å². The van der Waals surface area contributed by atoms with Crippen LogP contribution in [-0.2, 0) is 9.53 Å². The molecule has 0 radical (unpaired) electrons. The molecule has 0 aromatic rings. The SMILES string of the molecule is CCCCCCCCCCCCCCOCC(O)C[N+](CCO)(CCO)CC(=O)[O-]. The minimum Gasteiger partial charge on any atom is -0.544 e. The van der Waals surface area contributed by atoms with Crippen LogP contribution in [0.15, 0.2) is 0 Å². The number of nitrogens with zero attached hydrogens (tertiary/aromatic N) is 1. The fraction of sp³-hybridized carbons (Fsp3) is 0.957. The fourth-order valence-electron chi connectivity index (χ4n) is 3.98. The molecule has 7 nitrogen and oxygen atoms in total. The standard InChI is InChI=1S/C23H47NO6/c1-2-3-4-5-6-7-8-9-10-11-12-13-18-30-21-22(27)19-24(14-16-25,15-17-26)20-23(28)29/h22,25-27H,2-21H2,1H3. The highest BCUT2D eigenvalue weighted by molar-refractivity contribution is 5.65. The van der Waals surface area contributed by atoms with Gasteiger partial charge in [-0.1, -0.05) is 77.6 Å². The van der Waals surface area contributed by atoms with Gasteiger partial charge in [-0.25, -0.2) is 0 Å². The van der Waals surface area contributed by atoms with Crippen LogP contribution in [0, 0.1) is 0 Å². The summed E-state index contributed by atoms with van der Waals surface area (Å²) in [5, 5.41) is 39.7. The molecule has 0 aliphatic heterocycles. The van der Waals surface area contributed by atoms with Crippen molar-refractivity contribution in [1.29, 1.82) is 0 Å². The molecule has 0 bridgehead atoms. The van der Waals surface area contributed by atoms with Crippen molar-refractivity contribution >= 4 is 5.97 Å². The maximum atomic E-state index is 11.0. The lowest BCUT2D eigenvalue weighted by Crippen LogP contribution is -2.60. The zero-order chi connectivity index (χ0) is 22.5. The first-order valence-electron chi connectivity index (χ1n) is 12.0. The molecule has 3 N–H and O–H groups in total.